The van der Waals surface area contributed by atoms with E-state index in [1.54, 1.807) is 16.9 Å². The summed E-state index contributed by atoms with van der Waals surface area (Å²) < 4.78 is 7.32. The van der Waals surface area contributed by atoms with Gasteiger partial charge in [-0.3, -0.25) is 0 Å². The van der Waals surface area contributed by atoms with E-state index >= 15 is 0 Å². The Morgan fingerprint density at radius 2 is 2.19 bits per heavy atom. The van der Waals surface area contributed by atoms with Crippen molar-refractivity contribution in [1.82, 2.24) is 14.6 Å². The van der Waals surface area contributed by atoms with Crippen molar-refractivity contribution < 1.29 is 4.74 Å². The molecule has 0 spiro atoms. The molecule has 1 aromatic carbocycles. The van der Waals surface area contributed by atoms with E-state index in [0.717, 1.165) is 28.3 Å². The molecule has 3 rings (SSSR count). The Morgan fingerprint density at radius 1 is 1.29 bits per heavy atom. The van der Waals surface area contributed by atoms with Gasteiger partial charge in [0.15, 0.2) is 5.82 Å². The molecular weight excluding hydrogens is 288 g/mol. The number of hydrogen-bond donors (Lipinski definition) is 1. The molecule has 0 saturated carbocycles. The second-order valence-electron chi connectivity index (χ2n) is 4.45. The summed E-state index contributed by atoms with van der Waals surface area (Å²) in [6.45, 7) is 2.57. The van der Waals surface area contributed by atoms with Crippen LogP contribution in [0.5, 0.6) is 5.75 Å². The minimum absolute atomic E-state index is 0.398. The van der Waals surface area contributed by atoms with Crippen molar-refractivity contribution in [3.8, 4) is 5.75 Å². The van der Waals surface area contributed by atoms with Crippen molar-refractivity contribution in [1.29, 1.82) is 0 Å². The van der Waals surface area contributed by atoms with Crippen LogP contribution in [-0.4, -0.2) is 21.2 Å². The summed E-state index contributed by atoms with van der Waals surface area (Å²) in [5, 5.41) is 7.48. The summed E-state index contributed by atoms with van der Waals surface area (Å²) in [4.78, 5) is 4.35. The van der Waals surface area contributed by atoms with Gasteiger partial charge in [0.1, 0.15) is 11.3 Å². The smallest absolute Gasteiger partial charge is 0.156 e. The molecule has 2 aromatic heterocycles. The van der Waals surface area contributed by atoms with Crippen LogP contribution in [0.15, 0.2) is 42.9 Å². The SMILES string of the molecule is CCOc1ccc(Nc2nccn3nccc23)cc1CCl. The minimum atomic E-state index is 0.398. The Kier molecular flexibility index (Phi) is 3.92. The minimum Gasteiger partial charge on any atom is -0.494 e. The number of hydrogen-bond acceptors (Lipinski definition) is 4. The number of alkyl halides is 1. The van der Waals surface area contributed by atoms with Gasteiger partial charge in [-0.25, -0.2) is 9.50 Å². The highest BCUT2D eigenvalue weighted by molar-refractivity contribution is 6.17. The zero-order valence-corrected chi connectivity index (χ0v) is 12.3. The first-order valence-corrected chi connectivity index (χ1v) is 7.22. The number of benzene rings is 1. The van der Waals surface area contributed by atoms with Gasteiger partial charge >= 0.3 is 0 Å². The fourth-order valence-electron chi connectivity index (χ4n) is 2.15. The van der Waals surface area contributed by atoms with E-state index in [2.05, 4.69) is 15.4 Å². The first-order valence-electron chi connectivity index (χ1n) is 6.69. The standard InChI is InChI=1S/C15H15ClN4O/c1-2-21-14-4-3-12(9-11(14)10-16)19-15-13-5-6-18-20(13)8-7-17-15/h3-9H,2,10H2,1H3,(H,17,19). The molecule has 6 heteroatoms. The number of ether oxygens (including phenoxy) is 1. The van der Waals surface area contributed by atoms with Crippen molar-refractivity contribution in [3.05, 3.63) is 48.4 Å². The van der Waals surface area contributed by atoms with Crippen molar-refractivity contribution in [3.63, 3.8) is 0 Å². The van der Waals surface area contributed by atoms with E-state index in [1.165, 1.54) is 0 Å². The molecule has 0 radical (unpaired) electrons. The summed E-state index contributed by atoms with van der Waals surface area (Å²) in [6.07, 6.45) is 5.26. The van der Waals surface area contributed by atoms with Crippen LogP contribution in [0.2, 0.25) is 0 Å². The number of halogens is 1. The summed E-state index contributed by atoms with van der Waals surface area (Å²) in [5.41, 5.74) is 2.78. The lowest BCUT2D eigenvalue weighted by Crippen LogP contribution is -2.00. The predicted octanol–water partition coefficient (Wildman–Crippen LogP) is 3.61. The van der Waals surface area contributed by atoms with Gasteiger partial charge in [0.05, 0.1) is 18.7 Å². The maximum absolute atomic E-state index is 5.98. The molecule has 0 saturated heterocycles. The third-order valence-corrected chi connectivity index (χ3v) is 3.38. The van der Waals surface area contributed by atoms with E-state index in [4.69, 9.17) is 16.3 Å². The molecule has 0 atom stereocenters. The fraction of sp³-hybridized carbons (Fsp3) is 0.200. The van der Waals surface area contributed by atoms with E-state index in [9.17, 15) is 0 Å². The summed E-state index contributed by atoms with van der Waals surface area (Å²) in [7, 11) is 0. The molecule has 0 fully saturated rings. The number of aromatic nitrogens is 3. The molecule has 0 aliphatic carbocycles. The molecule has 0 unspecified atom stereocenters. The molecule has 2 heterocycles. The van der Waals surface area contributed by atoms with Gasteiger partial charge in [-0.1, -0.05) is 0 Å². The zero-order chi connectivity index (χ0) is 14.7. The molecular formula is C15H15ClN4O. The molecule has 3 aromatic rings. The van der Waals surface area contributed by atoms with Gasteiger partial charge < -0.3 is 10.1 Å². The van der Waals surface area contributed by atoms with E-state index in [-0.39, 0.29) is 0 Å². The highest BCUT2D eigenvalue weighted by Crippen LogP contribution is 2.27. The first-order chi connectivity index (χ1) is 10.3. The third-order valence-electron chi connectivity index (χ3n) is 3.09. The lowest BCUT2D eigenvalue weighted by atomic mass is 10.2. The monoisotopic (exact) mass is 302 g/mol. The Bertz CT molecular complexity index is 756. The lowest BCUT2D eigenvalue weighted by Gasteiger charge is -2.12. The van der Waals surface area contributed by atoms with E-state index in [0.29, 0.717) is 12.5 Å². The van der Waals surface area contributed by atoms with Crippen molar-refractivity contribution in [2.45, 2.75) is 12.8 Å². The summed E-state index contributed by atoms with van der Waals surface area (Å²) in [5.74, 6) is 1.96. The highest BCUT2D eigenvalue weighted by Gasteiger charge is 2.07. The molecule has 108 valence electrons. The van der Waals surface area contributed by atoms with Crippen LogP contribution in [-0.2, 0) is 5.88 Å². The number of anilines is 2. The van der Waals surface area contributed by atoms with Gasteiger partial charge in [-0.15, -0.1) is 11.6 Å². The number of rotatable bonds is 5. The normalized spacial score (nSPS) is 10.8. The second kappa shape index (κ2) is 6.01. The van der Waals surface area contributed by atoms with E-state index < -0.39 is 0 Å². The quantitative estimate of drug-likeness (QED) is 0.732. The van der Waals surface area contributed by atoms with Crippen LogP contribution in [0, 0.1) is 0 Å². The Morgan fingerprint density at radius 3 is 3.00 bits per heavy atom. The fourth-order valence-corrected chi connectivity index (χ4v) is 2.36. The number of nitrogens with zero attached hydrogens (tertiary/aromatic N) is 3. The summed E-state index contributed by atoms with van der Waals surface area (Å²) >= 11 is 5.98. The number of nitrogens with one attached hydrogen (secondary N) is 1. The maximum atomic E-state index is 5.98. The van der Waals surface area contributed by atoms with Gasteiger partial charge in [0.25, 0.3) is 0 Å². The van der Waals surface area contributed by atoms with Crippen LogP contribution in [0.3, 0.4) is 0 Å². The van der Waals surface area contributed by atoms with Gasteiger partial charge in [-0.05, 0) is 31.2 Å². The average Bonchev–Trinajstić information content (AvgIpc) is 2.98. The van der Waals surface area contributed by atoms with Gasteiger partial charge in [0.2, 0.25) is 0 Å². The van der Waals surface area contributed by atoms with Gasteiger partial charge in [-0.2, -0.15) is 5.10 Å². The van der Waals surface area contributed by atoms with Crippen molar-refractivity contribution in [2.75, 3.05) is 11.9 Å². The first kappa shape index (κ1) is 13.7. The van der Waals surface area contributed by atoms with Crippen LogP contribution >= 0.6 is 11.6 Å². The third kappa shape index (κ3) is 2.78. The van der Waals surface area contributed by atoms with Crippen LogP contribution in [0.4, 0.5) is 11.5 Å². The molecule has 0 bridgehead atoms. The Hall–Kier alpha value is -2.27. The molecule has 1 N–H and O–H groups in total. The summed E-state index contributed by atoms with van der Waals surface area (Å²) in [6, 6.07) is 7.74. The second-order valence-corrected chi connectivity index (χ2v) is 4.72. The topological polar surface area (TPSA) is 51.5 Å². The number of fused-ring (bicyclic) bond motifs is 1. The molecule has 21 heavy (non-hydrogen) atoms. The van der Waals surface area contributed by atoms with Crippen LogP contribution < -0.4 is 10.1 Å². The maximum Gasteiger partial charge on any atom is 0.156 e. The van der Waals surface area contributed by atoms with E-state index in [1.807, 2.05) is 37.4 Å². The van der Waals surface area contributed by atoms with Gasteiger partial charge in [0, 0.05) is 23.6 Å². The molecule has 0 aliphatic heterocycles. The van der Waals surface area contributed by atoms with Crippen molar-refractivity contribution >= 4 is 28.6 Å². The highest BCUT2D eigenvalue weighted by atomic mass is 35.5. The van der Waals surface area contributed by atoms with Crippen LogP contribution in [0.25, 0.3) is 5.52 Å². The lowest BCUT2D eigenvalue weighted by molar-refractivity contribution is 0.337. The van der Waals surface area contributed by atoms with Crippen LogP contribution in [0.1, 0.15) is 12.5 Å². The molecule has 0 aliphatic rings. The Labute approximate surface area is 127 Å². The zero-order valence-electron chi connectivity index (χ0n) is 11.6. The largest absolute Gasteiger partial charge is 0.494 e. The predicted molar refractivity (Wildman–Crippen MR) is 83.4 cm³/mol. The molecule has 5 nitrogen and oxygen atoms in total. The average molecular weight is 303 g/mol. The Balaban J connectivity index is 1.92. The van der Waals surface area contributed by atoms with Crippen molar-refractivity contribution in [2.24, 2.45) is 0 Å². The molecule has 0 amide bonds.